The summed E-state index contributed by atoms with van der Waals surface area (Å²) in [5.41, 5.74) is 3.36. The number of phenolic OH excluding ortho intramolecular Hbond substituents is 2. The number of hydrogen-bond acceptors (Lipinski definition) is 5. The first kappa shape index (κ1) is 17.0. The zero-order valence-electron chi connectivity index (χ0n) is 14.8. The Morgan fingerprint density at radius 3 is 2.57 bits per heavy atom. The Labute approximate surface area is 167 Å². The van der Waals surface area contributed by atoms with E-state index in [1.807, 2.05) is 47.5 Å². The number of benzene rings is 3. The molecule has 0 aliphatic carbocycles. The fourth-order valence-electron chi connectivity index (χ4n) is 3.80. The molecular formula is C22H17ClN2O3. The first-order valence-electron chi connectivity index (χ1n) is 8.99. The second kappa shape index (κ2) is 6.46. The monoisotopic (exact) mass is 392 g/mol. The lowest BCUT2D eigenvalue weighted by Gasteiger charge is -2.38. The zero-order valence-corrected chi connectivity index (χ0v) is 15.5. The molecule has 0 amide bonds. The summed E-state index contributed by atoms with van der Waals surface area (Å²) in [6, 6.07) is 19.6. The van der Waals surface area contributed by atoms with Crippen molar-refractivity contribution in [3.63, 3.8) is 0 Å². The van der Waals surface area contributed by atoms with Gasteiger partial charge in [-0.2, -0.15) is 5.10 Å². The Bertz CT molecular complexity index is 1080. The molecule has 2 aliphatic heterocycles. The van der Waals surface area contributed by atoms with Gasteiger partial charge in [0, 0.05) is 28.1 Å². The second-order valence-electron chi connectivity index (χ2n) is 6.91. The summed E-state index contributed by atoms with van der Waals surface area (Å²) in [7, 11) is 0. The minimum Gasteiger partial charge on any atom is -0.508 e. The van der Waals surface area contributed by atoms with Crippen LogP contribution in [0.25, 0.3) is 0 Å². The summed E-state index contributed by atoms with van der Waals surface area (Å²) in [6.07, 6.45) is 0.186. The average molecular weight is 393 g/mol. The van der Waals surface area contributed by atoms with Crippen LogP contribution in [-0.2, 0) is 0 Å². The Hall–Kier alpha value is -3.18. The predicted octanol–water partition coefficient (Wildman–Crippen LogP) is 4.99. The molecule has 2 unspecified atom stereocenters. The van der Waals surface area contributed by atoms with Gasteiger partial charge in [-0.05, 0) is 54.6 Å². The van der Waals surface area contributed by atoms with Crippen LogP contribution < -0.4 is 4.74 Å². The van der Waals surface area contributed by atoms with E-state index in [-0.39, 0.29) is 17.5 Å². The highest BCUT2D eigenvalue weighted by molar-refractivity contribution is 6.30. The van der Waals surface area contributed by atoms with E-state index in [9.17, 15) is 10.2 Å². The van der Waals surface area contributed by atoms with Gasteiger partial charge in [0.05, 0.1) is 11.8 Å². The summed E-state index contributed by atoms with van der Waals surface area (Å²) in [6.45, 7) is 0. The molecule has 2 atom stereocenters. The molecule has 0 saturated heterocycles. The highest BCUT2D eigenvalue weighted by Crippen LogP contribution is 2.48. The maximum atomic E-state index is 10.3. The van der Waals surface area contributed by atoms with E-state index in [0.29, 0.717) is 17.0 Å². The minimum atomic E-state index is -0.442. The molecule has 5 rings (SSSR count). The summed E-state index contributed by atoms with van der Waals surface area (Å²) in [4.78, 5) is 0. The summed E-state index contributed by atoms with van der Waals surface area (Å²) in [5.74, 6) is 1.16. The van der Waals surface area contributed by atoms with Crippen molar-refractivity contribution in [1.29, 1.82) is 0 Å². The number of hydrogen-bond donors (Lipinski definition) is 2. The first-order chi connectivity index (χ1) is 13.6. The van der Waals surface area contributed by atoms with Crippen molar-refractivity contribution in [2.45, 2.75) is 18.7 Å². The molecule has 2 N–H and O–H groups in total. The van der Waals surface area contributed by atoms with Crippen molar-refractivity contribution >= 4 is 17.3 Å². The van der Waals surface area contributed by atoms with Gasteiger partial charge in [-0.15, -0.1) is 0 Å². The van der Waals surface area contributed by atoms with Gasteiger partial charge < -0.3 is 14.9 Å². The van der Waals surface area contributed by atoms with Crippen molar-refractivity contribution < 1.29 is 14.9 Å². The van der Waals surface area contributed by atoms with E-state index < -0.39 is 6.23 Å². The largest absolute Gasteiger partial charge is 0.508 e. The van der Waals surface area contributed by atoms with E-state index >= 15 is 0 Å². The molecule has 2 heterocycles. The third-order valence-corrected chi connectivity index (χ3v) is 5.38. The van der Waals surface area contributed by atoms with Crippen LogP contribution in [0, 0.1) is 0 Å². The van der Waals surface area contributed by atoms with Gasteiger partial charge in [0.1, 0.15) is 17.2 Å². The standard InChI is InChI=1S/C22H17ClN2O3/c23-14-7-10-21-17(11-14)19-12-18(16-3-1-2-4-20(16)27)24-25(19)22(28-21)13-5-8-15(26)9-6-13/h1-11,19,22,26-27H,12H2. The molecule has 0 aromatic heterocycles. The van der Waals surface area contributed by atoms with Gasteiger partial charge >= 0.3 is 0 Å². The van der Waals surface area contributed by atoms with E-state index in [2.05, 4.69) is 0 Å². The number of para-hydroxylation sites is 1. The lowest BCUT2D eigenvalue weighted by atomic mass is 9.95. The number of phenols is 2. The Morgan fingerprint density at radius 1 is 1.00 bits per heavy atom. The highest BCUT2D eigenvalue weighted by atomic mass is 35.5. The number of nitrogens with zero attached hydrogens (tertiary/aromatic N) is 2. The molecule has 28 heavy (non-hydrogen) atoms. The van der Waals surface area contributed by atoms with Crippen LogP contribution >= 0.6 is 11.6 Å². The SMILES string of the molecule is Oc1ccc(C2Oc3ccc(Cl)cc3C3CC(c4ccccc4O)=NN32)cc1. The molecule has 3 aromatic carbocycles. The third-order valence-electron chi connectivity index (χ3n) is 5.15. The van der Waals surface area contributed by atoms with Gasteiger partial charge in [-0.1, -0.05) is 23.7 Å². The number of fused-ring (bicyclic) bond motifs is 3. The molecule has 0 spiro atoms. The zero-order chi connectivity index (χ0) is 19.3. The molecular weight excluding hydrogens is 376 g/mol. The minimum absolute atomic E-state index is 0.0594. The van der Waals surface area contributed by atoms with Gasteiger partial charge in [-0.25, -0.2) is 5.01 Å². The summed E-state index contributed by atoms with van der Waals surface area (Å²) >= 11 is 6.24. The Morgan fingerprint density at radius 2 is 1.79 bits per heavy atom. The molecule has 6 heteroatoms. The smallest absolute Gasteiger partial charge is 0.213 e. The van der Waals surface area contributed by atoms with Crippen molar-refractivity contribution in [3.8, 4) is 17.2 Å². The quantitative estimate of drug-likeness (QED) is 0.644. The van der Waals surface area contributed by atoms with E-state index in [0.717, 1.165) is 22.6 Å². The second-order valence-corrected chi connectivity index (χ2v) is 7.34. The van der Waals surface area contributed by atoms with Crippen molar-refractivity contribution in [2.24, 2.45) is 5.10 Å². The van der Waals surface area contributed by atoms with Crippen LogP contribution in [0.1, 0.15) is 35.4 Å². The van der Waals surface area contributed by atoms with Crippen LogP contribution in [-0.4, -0.2) is 20.9 Å². The van der Waals surface area contributed by atoms with Crippen LogP contribution in [0.5, 0.6) is 17.2 Å². The van der Waals surface area contributed by atoms with Crippen LogP contribution in [0.2, 0.25) is 5.02 Å². The van der Waals surface area contributed by atoms with E-state index in [1.54, 1.807) is 24.3 Å². The summed E-state index contributed by atoms with van der Waals surface area (Å²) < 4.78 is 6.26. The number of rotatable bonds is 2. The van der Waals surface area contributed by atoms with Gasteiger partial charge in [-0.3, -0.25) is 0 Å². The van der Waals surface area contributed by atoms with Crippen LogP contribution in [0.15, 0.2) is 71.8 Å². The first-order valence-corrected chi connectivity index (χ1v) is 9.37. The topological polar surface area (TPSA) is 65.3 Å². The van der Waals surface area contributed by atoms with Gasteiger partial charge in [0.25, 0.3) is 0 Å². The van der Waals surface area contributed by atoms with Crippen molar-refractivity contribution in [3.05, 3.63) is 88.4 Å². The van der Waals surface area contributed by atoms with E-state index in [1.165, 1.54) is 0 Å². The van der Waals surface area contributed by atoms with Crippen molar-refractivity contribution in [2.75, 3.05) is 0 Å². The molecule has 0 fully saturated rings. The van der Waals surface area contributed by atoms with E-state index in [4.69, 9.17) is 21.4 Å². The normalized spacial score (nSPS) is 20.2. The highest BCUT2D eigenvalue weighted by Gasteiger charge is 2.41. The van der Waals surface area contributed by atoms with Crippen molar-refractivity contribution in [1.82, 2.24) is 5.01 Å². The van der Waals surface area contributed by atoms with Gasteiger partial charge in [0.15, 0.2) is 0 Å². The Kier molecular flexibility index (Phi) is 3.91. The molecule has 3 aromatic rings. The third kappa shape index (κ3) is 2.75. The maximum absolute atomic E-state index is 10.3. The number of hydrazone groups is 1. The lowest BCUT2D eigenvalue weighted by Crippen LogP contribution is -2.33. The lowest BCUT2D eigenvalue weighted by molar-refractivity contribution is -0.0190. The fraction of sp³-hybridized carbons (Fsp3) is 0.136. The maximum Gasteiger partial charge on any atom is 0.213 e. The van der Waals surface area contributed by atoms with Gasteiger partial charge in [0.2, 0.25) is 6.23 Å². The number of halogens is 1. The molecule has 0 radical (unpaired) electrons. The Balaban J connectivity index is 1.62. The number of aromatic hydroxyl groups is 2. The molecule has 2 aliphatic rings. The molecule has 0 bridgehead atoms. The molecule has 5 nitrogen and oxygen atoms in total. The van der Waals surface area contributed by atoms with Crippen LogP contribution in [0.3, 0.4) is 0 Å². The predicted molar refractivity (Wildman–Crippen MR) is 107 cm³/mol. The van der Waals surface area contributed by atoms with Crippen LogP contribution in [0.4, 0.5) is 0 Å². The molecule has 140 valence electrons. The summed E-state index contributed by atoms with van der Waals surface area (Å²) in [5, 5.41) is 27.3. The average Bonchev–Trinajstić information content (AvgIpc) is 3.14. The fourth-order valence-corrected chi connectivity index (χ4v) is 3.98. The number of ether oxygens (including phenoxy) is 1. The molecule has 0 saturated carbocycles.